The van der Waals surface area contributed by atoms with Crippen molar-refractivity contribution in [2.45, 2.75) is 6.42 Å². The Balaban J connectivity index is 1.49. The van der Waals surface area contributed by atoms with E-state index in [0.717, 1.165) is 17.1 Å². The number of benzene rings is 2. The summed E-state index contributed by atoms with van der Waals surface area (Å²) in [6, 6.07) is 20.0. The highest BCUT2D eigenvalue weighted by atomic mass is 16.5. The van der Waals surface area contributed by atoms with Crippen LogP contribution in [0.1, 0.15) is 16.1 Å². The van der Waals surface area contributed by atoms with Crippen molar-refractivity contribution >= 4 is 5.91 Å². The highest BCUT2D eigenvalue weighted by molar-refractivity contribution is 5.91. The summed E-state index contributed by atoms with van der Waals surface area (Å²) in [5.41, 5.74) is 0.927. The van der Waals surface area contributed by atoms with Gasteiger partial charge in [-0.3, -0.25) is 9.59 Å². The van der Waals surface area contributed by atoms with Crippen LogP contribution in [0.5, 0.6) is 11.5 Å². The number of nitrogens with one attached hydrogen (secondary N) is 2. The van der Waals surface area contributed by atoms with Crippen molar-refractivity contribution in [3.63, 3.8) is 0 Å². The Kier molecular flexibility index (Phi) is 5.21. The molecule has 126 valence electrons. The number of ether oxygens (including phenoxy) is 1. The zero-order chi connectivity index (χ0) is 17.5. The topological polar surface area (TPSA) is 84.1 Å². The second-order valence-corrected chi connectivity index (χ2v) is 5.37. The number of para-hydroxylation sites is 1. The van der Waals surface area contributed by atoms with Gasteiger partial charge in [0, 0.05) is 12.6 Å². The van der Waals surface area contributed by atoms with E-state index < -0.39 is 0 Å². The molecule has 0 aliphatic carbocycles. The molecule has 6 nitrogen and oxygen atoms in total. The second-order valence-electron chi connectivity index (χ2n) is 5.37. The third-order valence-electron chi connectivity index (χ3n) is 3.51. The van der Waals surface area contributed by atoms with E-state index in [1.165, 1.54) is 12.1 Å². The number of aromatic amines is 1. The molecule has 1 heterocycles. The predicted molar refractivity (Wildman–Crippen MR) is 93.9 cm³/mol. The van der Waals surface area contributed by atoms with E-state index in [1.54, 1.807) is 0 Å². The maximum absolute atomic E-state index is 11.9. The van der Waals surface area contributed by atoms with Crippen LogP contribution < -0.4 is 15.6 Å². The largest absolute Gasteiger partial charge is 0.457 e. The molecule has 0 spiro atoms. The van der Waals surface area contributed by atoms with Crippen LogP contribution in [0.15, 0.2) is 71.5 Å². The minimum absolute atomic E-state index is 0.186. The molecule has 3 rings (SSSR count). The zero-order valence-corrected chi connectivity index (χ0v) is 13.4. The Morgan fingerprint density at radius 3 is 2.36 bits per heavy atom. The molecule has 1 amide bonds. The zero-order valence-electron chi connectivity index (χ0n) is 13.4. The van der Waals surface area contributed by atoms with Gasteiger partial charge in [-0.15, -0.1) is 0 Å². The van der Waals surface area contributed by atoms with Crippen molar-refractivity contribution in [3.05, 3.63) is 88.3 Å². The fourth-order valence-corrected chi connectivity index (χ4v) is 2.23. The molecule has 6 heteroatoms. The number of rotatable bonds is 6. The molecule has 0 aliphatic heterocycles. The Hall–Kier alpha value is -3.41. The first-order valence-corrected chi connectivity index (χ1v) is 7.86. The van der Waals surface area contributed by atoms with Crippen LogP contribution in [0.3, 0.4) is 0 Å². The normalized spacial score (nSPS) is 10.2. The number of aromatic nitrogens is 2. The molecule has 0 radical (unpaired) electrons. The molecular weight excluding hydrogens is 318 g/mol. The van der Waals surface area contributed by atoms with E-state index in [-0.39, 0.29) is 17.2 Å². The number of amides is 1. The van der Waals surface area contributed by atoms with Crippen LogP contribution in [-0.4, -0.2) is 22.6 Å². The van der Waals surface area contributed by atoms with Gasteiger partial charge in [-0.25, -0.2) is 5.10 Å². The minimum Gasteiger partial charge on any atom is -0.457 e. The van der Waals surface area contributed by atoms with Crippen LogP contribution in [0.4, 0.5) is 0 Å². The van der Waals surface area contributed by atoms with Crippen molar-refractivity contribution in [2.75, 3.05) is 6.54 Å². The number of carbonyl (C=O) groups is 1. The lowest BCUT2D eigenvalue weighted by atomic mass is 10.1. The standard InChI is InChI=1S/C19H17N3O3/c23-18-11-10-17(21-22-18)19(24)20-13-12-14-6-8-16(9-7-14)25-15-4-2-1-3-5-15/h1-11H,12-13H2,(H,20,24)(H,22,23). The number of hydrogen-bond donors (Lipinski definition) is 2. The van der Waals surface area contributed by atoms with Crippen molar-refractivity contribution in [2.24, 2.45) is 0 Å². The summed E-state index contributed by atoms with van der Waals surface area (Å²) in [6.45, 7) is 0.471. The van der Waals surface area contributed by atoms with Crippen molar-refractivity contribution in [3.8, 4) is 11.5 Å². The van der Waals surface area contributed by atoms with E-state index in [4.69, 9.17) is 4.74 Å². The molecule has 0 aliphatic rings. The average molecular weight is 335 g/mol. The number of nitrogens with zero attached hydrogens (tertiary/aromatic N) is 1. The van der Waals surface area contributed by atoms with Crippen molar-refractivity contribution < 1.29 is 9.53 Å². The summed E-state index contributed by atoms with van der Waals surface area (Å²) < 4.78 is 5.74. The van der Waals surface area contributed by atoms with Gasteiger partial charge in [0.05, 0.1) is 0 Å². The smallest absolute Gasteiger partial charge is 0.271 e. The SMILES string of the molecule is O=C(NCCc1ccc(Oc2ccccc2)cc1)c1ccc(=O)[nH]n1. The predicted octanol–water partition coefficient (Wildman–Crippen LogP) is 2.53. The fourth-order valence-electron chi connectivity index (χ4n) is 2.23. The summed E-state index contributed by atoms with van der Waals surface area (Å²) in [7, 11) is 0. The Morgan fingerprint density at radius 1 is 0.960 bits per heavy atom. The molecule has 2 N–H and O–H groups in total. The molecule has 0 fully saturated rings. The summed E-state index contributed by atoms with van der Waals surface area (Å²) in [6.07, 6.45) is 0.681. The van der Waals surface area contributed by atoms with Crippen molar-refractivity contribution in [1.29, 1.82) is 0 Å². The quantitative estimate of drug-likeness (QED) is 0.725. The maximum Gasteiger partial charge on any atom is 0.271 e. The molecule has 0 saturated heterocycles. The average Bonchev–Trinajstić information content (AvgIpc) is 2.64. The van der Waals surface area contributed by atoms with Gasteiger partial charge < -0.3 is 10.1 Å². The number of hydrogen-bond acceptors (Lipinski definition) is 4. The third kappa shape index (κ3) is 4.78. The van der Waals surface area contributed by atoms with Gasteiger partial charge in [-0.05, 0) is 42.3 Å². The molecule has 1 aromatic heterocycles. The molecule has 25 heavy (non-hydrogen) atoms. The molecule has 0 unspecified atom stereocenters. The van der Waals surface area contributed by atoms with Gasteiger partial charge in [0.15, 0.2) is 0 Å². The lowest BCUT2D eigenvalue weighted by molar-refractivity contribution is 0.0948. The van der Waals surface area contributed by atoms with Crippen LogP contribution in [0, 0.1) is 0 Å². The van der Waals surface area contributed by atoms with Gasteiger partial charge in [0.1, 0.15) is 17.2 Å². The summed E-state index contributed by atoms with van der Waals surface area (Å²) in [4.78, 5) is 22.8. The molecule has 2 aromatic carbocycles. The molecule has 0 saturated carbocycles. The summed E-state index contributed by atoms with van der Waals surface area (Å²) >= 11 is 0. The van der Waals surface area contributed by atoms with Crippen LogP contribution in [0.2, 0.25) is 0 Å². The summed E-state index contributed by atoms with van der Waals surface area (Å²) in [5, 5.41) is 8.69. The highest BCUT2D eigenvalue weighted by Gasteiger charge is 2.06. The first-order chi connectivity index (χ1) is 12.2. The summed E-state index contributed by atoms with van der Waals surface area (Å²) in [5.74, 6) is 1.23. The first-order valence-electron chi connectivity index (χ1n) is 7.86. The van der Waals surface area contributed by atoms with Crippen LogP contribution >= 0.6 is 0 Å². The monoisotopic (exact) mass is 335 g/mol. The van der Waals surface area contributed by atoms with Crippen LogP contribution in [0.25, 0.3) is 0 Å². The lowest BCUT2D eigenvalue weighted by Gasteiger charge is -2.07. The lowest BCUT2D eigenvalue weighted by Crippen LogP contribution is -2.27. The second kappa shape index (κ2) is 7.92. The van der Waals surface area contributed by atoms with E-state index in [9.17, 15) is 9.59 Å². The number of H-pyrrole nitrogens is 1. The van der Waals surface area contributed by atoms with Gasteiger partial charge in [0.25, 0.3) is 11.5 Å². The molecular formula is C19H17N3O3. The van der Waals surface area contributed by atoms with Gasteiger partial charge >= 0.3 is 0 Å². The third-order valence-corrected chi connectivity index (χ3v) is 3.51. The number of carbonyl (C=O) groups excluding carboxylic acids is 1. The first kappa shape index (κ1) is 16.4. The maximum atomic E-state index is 11.9. The van der Waals surface area contributed by atoms with E-state index in [1.807, 2.05) is 54.6 Å². The van der Waals surface area contributed by atoms with E-state index in [2.05, 4.69) is 15.5 Å². The Morgan fingerprint density at radius 2 is 1.68 bits per heavy atom. The molecule has 0 atom stereocenters. The van der Waals surface area contributed by atoms with Crippen LogP contribution in [-0.2, 0) is 6.42 Å². The van der Waals surface area contributed by atoms with Gasteiger partial charge in [0.2, 0.25) is 0 Å². The minimum atomic E-state index is -0.339. The van der Waals surface area contributed by atoms with E-state index >= 15 is 0 Å². The van der Waals surface area contributed by atoms with Crippen molar-refractivity contribution in [1.82, 2.24) is 15.5 Å². The highest BCUT2D eigenvalue weighted by Crippen LogP contribution is 2.21. The van der Waals surface area contributed by atoms with Gasteiger partial charge in [-0.2, -0.15) is 5.10 Å². The fraction of sp³-hybridized carbons (Fsp3) is 0.105. The Labute approximate surface area is 144 Å². The van der Waals surface area contributed by atoms with E-state index in [0.29, 0.717) is 13.0 Å². The van der Waals surface area contributed by atoms with Gasteiger partial charge in [-0.1, -0.05) is 30.3 Å². The Bertz CT molecular complexity index is 869. The molecule has 3 aromatic rings. The molecule has 0 bridgehead atoms.